The molecule has 1 amide bonds. The number of carbonyl (C=O) groups excluding carboxylic acids is 1. The molecule has 1 aromatic carbocycles. The van der Waals surface area contributed by atoms with Crippen LogP contribution < -0.4 is 14.8 Å². The summed E-state index contributed by atoms with van der Waals surface area (Å²) < 4.78 is 10.5. The molecule has 27 heavy (non-hydrogen) atoms. The van der Waals surface area contributed by atoms with Gasteiger partial charge in [-0.25, -0.2) is 9.78 Å². The van der Waals surface area contributed by atoms with Gasteiger partial charge in [0.15, 0.2) is 11.5 Å². The van der Waals surface area contributed by atoms with Gasteiger partial charge in [-0.3, -0.25) is 4.79 Å². The van der Waals surface area contributed by atoms with Gasteiger partial charge >= 0.3 is 5.97 Å². The van der Waals surface area contributed by atoms with Crippen molar-refractivity contribution in [3.8, 4) is 22.1 Å². The van der Waals surface area contributed by atoms with Crippen LogP contribution in [0.4, 0.5) is 0 Å². The SMILES string of the molecule is COc1ccc(-c2nc(C)c(C(=O)NC(CC(C)C)C(=O)O)s2)cc1OC. The summed E-state index contributed by atoms with van der Waals surface area (Å²) in [6.07, 6.45) is 0.363. The number of thiazole rings is 1. The zero-order valence-electron chi connectivity index (χ0n) is 16.0. The molecule has 8 heteroatoms. The summed E-state index contributed by atoms with van der Waals surface area (Å²) in [6.45, 7) is 5.55. The van der Waals surface area contributed by atoms with Gasteiger partial charge in [0.25, 0.3) is 5.91 Å². The Hall–Kier alpha value is -2.61. The van der Waals surface area contributed by atoms with Crippen LogP contribution in [0.25, 0.3) is 10.6 Å². The lowest BCUT2D eigenvalue weighted by molar-refractivity contribution is -0.139. The maximum Gasteiger partial charge on any atom is 0.326 e. The third kappa shape index (κ3) is 4.97. The van der Waals surface area contributed by atoms with E-state index in [4.69, 9.17) is 9.47 Å². The largest absolute Gasteiger partial charge is 0.493 e. The van der Waals surface area contributed by atoms with Crippen molar-refractivity contribution in [2.45, 2.75) is 33.2 Å². The smallest absolute Gasteiger partial charge is 0.326 e. The molecule has 2 N–H and O–H groups in total. The highest BCUT2D eigenvalue weighted by Crippen LogP contribution is 2.35. The Morgan fingerprint density at radius 3 is 2.44 bits per heavy atom. The molecule has 1 atom stereocenters. The molecule has 0 bridgehead atoms. The van der Waals surface area contributed by atoms with Crippen LogP contribution >= 0.6 is 11.3 Å². The summed E-state index contributed by atoms with van der Waals surface area (Å²) in [5.74, 6) is -0.150. The number of aryl methyl sites for hydroxylation is 1. The number of nitrogens with zero attached hydrogens (tertiary/aromatic N) is 1. The van der Waals surface area contributed by atoms with Gasteiger partial charge in [0.05, 0.1) is 19.9 Å². The van der Waals surface area contributed by atoms with Gasteiger partial charge < -0.3 is 19.9 Å². The molecule has 0 saturated heterocycles. The van der Waals surface area contributed by atoms with Crippen molar-refractivity contribution in [1.82, 2.24) is 10.3 Å². The van der Waals surface area contributed by atoms with Crippen molar-refractivity contribution >= 4 is 23.2 Å². The number of carbonyl (C=O) groups is 2. The third-order valence-corrected chi connectivity index (χ3v) is 5.15. The molecular weight excluding hydrogens is 368 g/mol. The molecule has 7 nitrogen and oxygen atoms in total. The number of aliphatic carboxylic acids is 1. The number of rotatable bonds is 8. The van der Waals surface area contributed by atoms with Gasteiger partial charge in [-0.05, 0) is 37.5 Å². The minimum atomic E-state index is -1.04. The monoisotopic (exact) mass is 392 g/mol. The van der Waals surface area contributed by atoms with Crippen molar-refractivity contribution < 1.29 is 24.2 Å². The third-order valence-electron chi connectivity index (χ3n) is 3.94. The molecule has 0 radical (unpaired) electrons. The fourth-order valence-electron chi connectivity index (χ4n) is 2.62. The summed E-state index contributed by atoms with van der Waals surface area (Å²) in [6, 6.07) is 4.47. The van der Waals surface area contributed by atoms with Gasteiger partial charge in [0.1, 0.15) is 15.9 Å². The van der Waals surface area contributed by atoms with Crippen molar-refractivity contribution in [3.05, 3.63) is 28.8 Å². The Morgan fingerprint density at radius 1 is 1.22 bits per heavy atom. The summed E-state index contributed by atoms with van der Waals surface area (Å²) in [4.78, 5) is 28.8. The van der Waals surface area contributed by atoms with Crippen molar-refractivity contribution in [2.24, 2.45) is 5.92 Å². The Morgan fingerprint density at radius 2 is 1.89 bits per heavy atom. The van der Waals surface area contributed by atoms with E-state index < -0.39 is 17.9 Å². The Bertz CT molecular complexity index is 832. The number of hydrogen-bond acceptors (Lipinski definition) is 6. The second-order valence-electron chi connectivity index (χ2n) is 6.50. The van der Waals surface area contributed by atoms with E-state index >= 15 is 0 Å². The average Bonchev–Trinajstić information content (AvgIpc) is 3.01. The number of aromatic nitrogens is 1. The predicted molar refractivity (Wildman–Crippen MR) is 104 cm³/mol. The van der Waals surface area contributed by atoms with Gasteiger partial charge in [0, 0.05) is 5.56 Å². The Balaban J connectivity index is 2.27. The first-order valence-electron chi connectivity index (χ1n) is 8.50. The van der Waals surface area contributed by atoms with Gasteiger partial charge in [-0.15, -0.1) is 11.3 Å². The highest BCUT2D eigenvalue weighted by molar-refractivity contribution is 7.17. The molecule has 1 unspecified atom stereocenters. The van der Waals surface area contributed by atoms with Crippen molar-refractivity contribution in [3.63, 3.8) is 0 Å². The van der Waals surface area contributed by atoms with Gasteiger partial charge in [0.2, 0.25) is 0 Å². The number of amides is 1. The lowest BCUT2D eigenvalue weighted by Crippen LogP contribution is -2.41. The Labute approximate surface area is 162 Å². The fourth-order valence-corrected chi connectivity index (χ4v) is 3.58. The van der Waals surface area contributed by atoms with E-state index in [9.17, 15) is 14.7 Å². The molecule has 0 fully saturated rings. The number of ether oxygens (including phenoxy) is 2. The molecule has 0 aliphatic carbocycles. The predicted octanol–water partition coefficient (Wildman–Crippen LogP) is 3.36. The number of carboxylic acid groups (broad SMARTS) is 1. The zero-order chi connectivity index (χ0) is 20.1. The van der Waals surface area contributed by atoms with Gasteiger partial charge in [-0.1, -0.05) is 13.8 Å². The van der Waals surface area contributed by atoms with Crippen LogP contribution in [0.3, 0.4) is 0 Å². The number of carboxylic acids is 1. The molecule has 2 rings (SSSR count). The maximum atomic E-state index is 12.6. The Kier molecular flexibility index (Phi) is 6.79. The standard InChI is InChI=1S/C19H24N2O5S/c1-10(2)8-13(19(23)24)21-17(22)16-11(3)20-18(27-16)12-6-7-14(25-4)15(9-12)26-5/h6-7,9-10,13H,8H2,1-5H3,(H,21,22)(H,23,24). The van der Waals surface area contributed by atoms with E-state index in [1.165, 1.54) is 11.3 Å². The summed E-state index contributed by atoms with van der Waals surface area (Å²) in [5, 5.41) is 12.6. The minimum Gasteiger partial charge on any atom is -0.493 e. The van der Waals surface area contributed by atoms with E-state index in [0.717, 1.165) is 5.56 Å². The molecule has 2 aromatic rings. The fraction of sp³-hybridized carbons (Fsp3) is 0.421. The second kappa shape index (κ2) is 8.85. The van der Waals surface area contributed by atoms with E-state index in [-0.39, 0.29) is 5.92 Å². The average molecular weight is 392 g/mol. The first-order valence-corrected chi connectivity index (χ1v) is 9.32. The highest BCUT2D eigenvalue weighted by Gasteiger charge is 2.24. The highest BCUT2D eigenvalue weighted by atomic mass is 32.1. The minimum absolute atomic E-state index is 0.149. The molecule has 0 aliphatic heterocycles. The topological polar surface area (TPSA) is 97.8 Å². The van der Waals surface area contributed by atoms with Crippen LogP contribution in [0.5, 0.6) is 11.5 Å². The summed E-state index contributed by atoms with van der Waals surface area (Å²) >= 11 is 1.21. The van der Waals surface area contributed by atoms with E-state index in [0.29, 0.717) is 33.5 Å². The maximum absolute atomic E-state index is 12.6. The normalized spacial score (nSPS) is 11.9. The zero-order valence-corrected chi connectivity index (χ0v) is 16.8. The van der Waals surface area contributed by atoms with E-state index in [1.807, 2.05) is 19.9 Å². The number of nitrogens with one attached hydrogen (secondary N) is 1. The number of benzene rings is 1. The first kappa shape index (κ1) is 20.7. The van der Waals surface area contributed by atoms with Gasteiger partial charge in [-0.2, -0.15) is 0 Å². The number of hydrogen-bond donors (Lipinski definition) is 2. The van der Waals surface area contributed by atoms with Crippen LogP contribution in [0.15, 0.2) is 18.2 Å². The van der Waals surface area contributed by atoms with Crippen LogP contribution in [0, 0.1) is 12.8 Å². The van der Waals surface area contributed by atoms with E-state index in [1.54, 1.807) is 33.3 Å². The van der Waals surface area contributed by atoms with Crippen LogP contribution in [-0.4, -0.2) is 42.2 Å². The van der Waals surface area contributed by atoms with E-state index in [2.05, 4.69) is 10.3 Å². The molecule has 0 spiro atoms. The second-order valence-corrected chi connectivity index (χ2v) is 7.50. The molecule has 0 aliphatic rings. The molecule has 0 saturated carbocycles. The van der Waals surface area contributed by atoms with Crippen LogP contribution in [0.1, 0.15) is 35.6 Å². The molecule has 146 valence electrons. The lowest BCUT2D eigenvalue weighted by Gasteiger charge is -2.15. The lowest BCUT2D eigenvalue weighted by atomic mass is 10.0. The van der Waals surface area contributed by atoms with Crippen LogP contribution in [-0.2, 0) is 4.79 Å². The molecular formula is C19H24N2O5S. The molecule has 1 heterocycles. The number of methoxy groups -OCH3 is 2. The first-order chi connectivity index (χ1) is 12.8. The summed E-state index contributed by atoms with van der Waals surface area (Å²) in [5.41, 5.74) is 1.34. The summed E-state index contributed by atoms with van der Waals surface area (Å²) in [7, 11) is 3.11. The molecule has 1 aromatic heterocycles. The van der Waals surface area contributed by atoms with Crippen molar-refractivity contribution in [1.29, 1.82) is 0 Å². The quantitative estimate of drug-likeness (QED) is 0.715. The van der Waals surface area contributed by atoms with Crippen LogP contribution in [0.2, 0.25) is 0 Å². The van der Waals surface area contributed by atoms with Crippen molar-refractivity contribution in [2.75, 3.05) is 14.2 Å².